The Balaban J connectivity index is 1.86. The number of rotatable bonds is 8. The van der Waals surface area contributed by atoms with Gasteiger partial charge in [-0.3, -0.25) is 4.90 Å². The maximum atomic E-state index is 5.93. The molecule has 0 saturated carbocycles. The van der Waals surface area contributed by atoms with Crippen LogP contribution in [-0.4, -0.2) is 38.3 Å². The van der Waals surface area contributed by atoms with E-state index in [1.54, 1.807) is 7.11 Å². The van der Waals surface area contributed by atoms with Crippen molar-refractivity contribution >= 4 is 0 Å². The Morgan fingerprint density at radius 2 is 2.33 bits per heavy atom. The highest BCUT2D eigenvalue weighted by atomic mass is 16.5. The standard InChI is InChI=1S/C17H30N2O2/c1-4-7-18-10-16-9-17(21-14(16)2)12-19-8-5-6-15(11-19)13-20-3/h9,15,18H,4-8,10-13H2,1-3H3. The molecule has 1 fully saturated rings. The van der Waals surface area contributed by atoms with E-state index in [9.17, 15) is 0 Å². The number of furan rings is 1. The van der Waals surface area contributed by atoms with Crippen LogP contribution < -0.4 is 5.32 Å². The van der Waals surface area contributed by atoms with E-state index < -0.39 is 0 Å². The highest BCUT2D eigenvalue weighted by Crippen LogP contribution is 2.21. The average Bonchev–Trinajstić information content (AvgIpc) is 2.80. The maximum absolute atomic E-state index is 5.93. The van der Waals surface area contributed by atoms with E-state index in [1.165, 1.54) is 31.4 Å². The average molecular weight is 294 g/mol. The minimum absolute atomic E-state index is 0.672. The van der Waals surface area contributed by atoms with Crippen LogP contribution in [0.4, 0.5) is 0 Å². The van der Waals surface area contributed by atoms with E-state index in [0.29, 0.717) is 5.92 Å². The largest absolute Gasteiger partial charge is 0.465 e. The number of nitrogens with zero attached hydrogens (tertiary/aromatic N) is 1. The summed E-state index contributed by atoms with van der Waals surface area (Å²) in [5.41, 5.74) is 1.30. The molecule has 0 spiro atoms. The summed E-state index contributed by atoms with van der Waals surface area (Å²) in [4.78, 5) is 2.49. The molecular formula is C17H30N2O2. The van der Waals surface area contributed by atoms with Gasteiger partial charge in [-0.05, 0) is 51.3 Å². The number of aryl methyl sites for hydroxylation is 1. The number of hydrogen-bond acceptors (Lipinski definition) is 4. The molecule has 2 heterocycles. The summed E-state index contributed by atoms with van der Waals surface area (Å²) in [6.45, 7) is 10.3. The van der Waals surface area contributed by atoms with Gasteiger partial charge in [0.05, 0.1) is 13.2 Å². The Kier molecular flexibility index (Phi) is 6.74. The highest BCUT2D eigenvalue weighted by Gasteiger charge is 2.21. The summed E-state index contributed by atoms with van der Waals surface area (Å²) in [7, 11) is 1.80. The Morgan fingerprint density at radius 3 is 3.10 bits per heavy atom. The first-order chi connectivity index (χ1) is 10.2. The van der Waals surface area contributed by atoms with Gasteiger partial charge in [0.1, 0.15) is 11.5 Å². The topological polar surface area (TPSA) is 37.6 Å². The monoisotopic (exact) mass is 294 g/mol. The quantitative estimate of drug-likeness (QED) is 0.748. The molecule has 21 heavy (non-hydrogen) atoms. The Morgan fingerprint density at radius 1 is 1.48 bits per heavy atom. The van der Waals surface area contributed by atoms with Gasteiger partial charge in [0.15, 0.2) is 0 Å². The van der Waals surface area contributed by atoms with E-state index >= 15 is 0 Å². The van der Waals surface area contributed by atoms with Crippen LogP contribution in [0.1, 0.15) is 43.3 Å². The molecule has 4 heteroatoms. The van der Waals surface area contributed by atoms with Crippen molar-refractivity contribution in [1.29, 1.82) is 0 Å². The van der Waals surface area contributed by atoms with Crippen LogP contribution >= 0.6 is 0 Å². The molecule has 1 atom stereocenters. The van der Waals surface area contributed by atoms with Gasteiger partial charge in [-0.15, -0.1) is 0 Å². The molecule has 0 amide bonds. The molecule has 1 saturated heterocycles. The second-order valence-electron chi connectivity index (χ2n) is 6.17. The van der Waals surface area contributed by atoms with Gasteiger partial charge in [0, 0.05) is 25.8 Å². The van der Waals surface area contributed by atoms with Crippen molar-refractivity contribution in [3.8, 4) is 0 Å². The fourth-order valence-corrected chi connectivity index (χ4v) is 3.13. The van der Waals surface area contributed by atoms with Crippen LogP contribution in [-0.2, 0) is 17.8 Å². The number of methoxy groups -OCH3 is 1. The zero-order valence-electron chi connectivity index (χ0n) is 13.8. The van der Waals surface area contributed by atoms with Crippen molar-refractivity contribution in [3.63, 3.8) is 0 Å². The summed E-state index contributed by atoms with van der Waals surface area (Å²) in [5.74, 6) is 2.82. The van der Waals surface area contributed by atoms with Gasteiger partial charge in [-0.1, -0.05) is 6.92 Å². The molecule has 2 rings (SSSR count). The van der Waals surface area contributed by atoms with Crippen molar-refractivity contribution in [2.45, 2.75) is 46.2 Å². The van der Waals surface area contributed by atoms with Crippen molar-refractivity contribution in [1.82, 2.24) is 10.2 Å². The SMILES string of the molecule is CCCNCc1cc(CN2CCCC(COC)C2)oc1C. The van der Waals surface area contributed by atoms with E-state index in [-0.39, 0.29) is 0 Å². The normalized spacial score (nSPS) is 20.0. The van der Waals surface area contributed by atoms with Crippen molar-refractivity contribution in [2.24, 2.45) is 5.92 Å². The predicted molar refractivity (Wildman–Crippen MR) is 85.3 cm³/mol. The smallest absolute Gasteiger partial charge is 0.118 e. The van der Waals surface area contributed by atoms with Gasteiger partial charge >= 0.3 is 0 Å². The van der Waals surface area contributed by atoms with Crippen molar-refractivity contribution in [3.05, 3.63) is 23.2 Å². The second-order valence-corrected chi connectivity index (χ2v) is 6.17. The summed E-state index contributed by atoms with van der Waals surface area (Å²) in [6, 6.07) is 2.22. The first-order valence-electron chi connectivity index (χ1n) is 8.23. The predicted octanol–water partition coefficient (Wildman–Crippen LogP) is 2.95. The summed E-state index contributed by atoms with van der Waals surface area (Å²) in [5, 5.41) is 3.44. The summed E-state index contributed by atoms with van der Waals surface area (Å²) in [6.07, 6.45) is 3.71. The molecule has 1 aliphatic heterocycles. The zero-order chi connectivity index (χ0) is 15.1. The van der Waals surface area contributed by atoms with Crippen LogP contribution in [0.15, 0.2) is 10.5 Å². The van der Waals surface area contributed by atoms with Crippen molar-refractivity contribution < 1.29 is 9.15 Å². The lowest BCUT2D eigenvalue weighted by atomic mass is 9.99. The van der Waals surface area contributed by atoms with Crippen LogP contribution in [0.25, 0.3) is 0 Å². The molecule has 0 radical (unpaired) electrons. The van der Waals surface area contributed by atoms with Gasteiger partial charge in [0.2, 0.25) is 0 Å². The van der Waals surface area contributed by atoms with Crippen LogP contribution in [0, 0.1) is 12.8 Å². The Labute approximate surface area is 128 Å². The third-order valence-corrected chi connectivity index (χ3v) is 4.20. The molecule has 1 aliphatic rings. The minimum atomic E-state index is 0.672. The number of piperidine rings is 1. The van der Waals surface area contributed by atoms with Crippen LogP contribution in [0.2, 0.25) is 0 Å². The van der Waals surface area contributed by atoms with E-state index in [1.807, 2.05) is 0 Å². The molecule has 0 aliphatic carbocycles. The lowest BCUT2D eigenvalue weighted by molar-refractivity contribution is 0.0839. The van der Waals surface area contributed by atoms with E-state index in [4.69, 9.17) is 9.15 Å². The number of nitrogens with one attached hydrogen (secondary N) is 1. The Bertz CT molecular complexity index is 415. The van der Waals surface area contributed by atoms with Gasteiger partial charge < -0.3 is 14.5 Å². The molecule has 1 aromatic heterocycles. The van der Waals surface area contributed by atoms with E-state index in [0.717, 1.165) is 44.3 Å². The fraction of sp³-hybridized carbons (Fsp3) is 0.765. The highest BCUT2D eigenvalue weighted by molar-refractivity contribution is 5.20. The maximum Gasteiger partial charge on any atom is 0.118 e. The molecular weight excluding hydrogens is 264 g/mol. The number of hydrogen-bond donors (Lipinski definition) is 1. The molecule has 1 aromatic rings. The summed E-state index contributed by atoms with van der Waals surface area (Å²) < 4.78 is 11.2. The van der Waals surface area contributed by atoms with E-state index in [2.05, 4.69) is 30.1 Å². The molecule has 120 valence electrons. The zero-order valence-corrected chi connectivity index (χ0v) is 13.8. The second kappa shape index (κ2) is 8.57. The lowest BCUT2D eigenvalue weighted by Crippen LogP contribution is -2.36. The van der Waals surface area contributed by atoms with Gasteiger partial charge in [-0.25, -0.2) is 0 Å². The Hall–Kier alpha value is -0.840. The number of likely N-dealkylation sites (tertiary alicyclic amines) is 1. The third kappa shape index (κ3) is 5.13. The first-order valence-corrected chi connectivity index (χ1v) is 8.23. The molecule has 0 bridgehead atoms. The summed E-state index contributed by atoms with van der Waals surface area (Å²) >= 11 is 0. The molecule has 1 N–H and O–H groups in total. The molecule has 0 aromatic carbocycles. The van der Waals surface area contributed by atoms with Crippen LogP contribution in [0.5, 0.6) is 0 Å². The minimum Gasteiger partial charge on any atom is -0.465 e. The first kappa shape index (κ1) is 16.5. The number of ether oxygens (including phenoxy) is 1. The van der Waals surface area contributed by atoms with Crippen molar-refractivity contribution in [2.75, 3.05) is 33.4 Å². The van der Waals surface area contributed by atoms with Gasteiger partial charge in [0.25, 0.3) is 0 Å². The molecule has 4 nitrogen and oxygen atoms in total. The third-order valence-electron chi connectivity index (χ3n) is 4.20. The lowest BCUT2D eigenvalue weighted by Gasteiger charge is -2.31. The van der Waals surface area contributed by atoms with Gasteiger partial charge in [-0.2, -0.15) is 0 Å². The fourth-order valence-electron chi connectivity index (χ4n) is 3.13. The van der Waals surface area contributed by atoms with Crippen LogP contribution in [0.3, 0.4) is 0 Å². The molecule has 1 unspecified atom stereocenters.